The molecule has 0 aliphatic carbocycles. The van der Waals surface area contributed by atoms with Crippen molar-refractivity contribution in [3.63, 3.8) is 0 Å². The molecule has 2 heterocycles. The lowest BCUT2D eigenvalue weighted by molar-refractivity contribution is 0.0719. The smallest absolute Gasteiger partial charge is 0.254 e. The predicted molar refractivity (Wildman–Crippen MR) is 101 cm³/mol. The van der Waals surface area contributed by atoms with Crippen molar-refractivity contribution in [1.82, 2.24) is 4.90 Å². The molecule has 1 aromatic carbocycles. The Morgan fingerprint density at radius 3 is 2.38 bits per heavy atom. The van der Waals surface area contributed by atoms with Gasteiger partial charge in [-0.25, -0.2) is 0 Å². The van der Waals surface area contributed by atoms with E-state index in [9.17, 15) is 4.79 Å². The first kappa shape index (κ1) is 18.1. The zero-order valence-corrected chi connectivity index (χ0v) is 15.8. The van der Waals surface area contributed by atoms with E-state index in [4.69, 9.17) is 13.9 Å². The number of nitrogens with zero attached hydrogens (tertiary/aromatic N) is 1. The maximum absolute atomic E-state index is 13.2. The van der Waals surface area contributed by atoms with E-state index in [2.05, 4.69) is 0 Å². The van der Waals surface area contributed by atoms with Crippen LogP contribution in [0.2, 0.25) is 0 Å². The monoisotopic (exact) mass is 371 g/mol. The Balaban J connectivity index is 1.93. The highest BCUT2D eigenvalue weighted by Crippen LogP contribution is 2.30. The summed E-state index contributed by atoms with van der Waals surface area (Å²) in [5.41, 5.74) is 1.38. The van der Waals surface area contributed by atoms with Crippen LogP contribution in [0.5, 0.6) is 11.5 Å². The van der Waals surface area contributed by atoms with Gasteiger partial charge in [0.1, 0.15) is 17.3 Å². The number of hydrogen-bond donors (Lipinski definition) is 0. The molecule has 0 fully saturated rings. The first-order chi connectivity index (χ1) is 12.6. The molecule has 0 spiro atoms. The molecule has 0 unspecified atom stereocenters. The minimum Gasteiger partial charge on any atom is -0.496 e. The number of hydrogen-bond acceptors (Lipinski definition) is 5. The van der Waals surface area contributed by atoms with E-state index in [0.717, 1.165) is 16.2 Å². The van der Waals surface area contributed by atoms with E-state index in [1.165, 1.54) is 0 Å². The summed E-state index contributed by atoms with van der Waals surface area (Å²) in [7, 11) is 3.17. The summed E-state index contributed by atoms with van der Waals surface area (Å²) >= 11 is 1.62. The summed E-state index contributed by atoms with van der Waals surface area (Å²) in [5.74, 6) is 1.89. The summed E-state index contributed by atoms with van der Waals surface area (Å²) in [4.78, 5) is 16.1. The molecule has 3 rings (SSSR count). The van der Waals surface area contributed by atoms with Crippen molar-refractivity contribution < 1.29 is 18.7 Å². The number of carbonyl (C=O) groups is 1. The lowest BCUT2D eigenvalue weighted by atomic mass is 10.1. The van der Waals surface area contributed by atoms with Gasteiger partial charge < -0.3 is 18.8 Å². The van der Waals surface area contributed by atoms with E-state index in [1.54, 1.807) is 48.9 Å². The van der Waals surface area contributed by atoms with Crippen LogP contribution < -0.4 is 9.47 Å². The highest BCUT2D eigenvalue weighted by molar-refractivity contribution is 7.09. The minimum atomic E-state index is -0.105. The van der Waals surface area contributed by atoms with Crippen molar-refractivity contribution in [3.05, 3.63) is 69.8 Å². The number of benzene rings is 1. The molecule has 0 aliphatic rings. The molecule has 0 N–H and O–H groups in total. The predicted octanol–water partition coefficient (Wildman–Crippen LogP) is 4.51. The third kappa shape index (κ3) is 3.91. The highest BCUT2D eigenvalue weighted by Gasteiger charge is 2.21. The first-order valence-electron chi connectivity index (χ1n) is 8.19. The topological polar surface area (TPSA) is 51.9 Å². The first-order valence-corrected chi connectivity index (χ1v) is 9.07. The largest absolute Gasteiger partial charge is 0.496 e. The fourth-order valence-corrected chi connectivity index (χ4v) is 3.49. The van der Waals surface area contributed by atoms with Gasteiger partial charge in [-0.15, -0.1) is 11.3 Å². The average molecular weight is 371 g/mol. The Bertz CT molecular complexity index is 795. The molecule has 0 atom stereocenters. The van der Waals surface area contributed by atoms with E-state index < -0.39 is 0 Å². The normalized spacial score (nSPS) is 10.6. The van der Waals surface area contributed by atoms with E-state index in [0.29, 0.717) is 30.2 Å². The molecule has 3 aromatic rings. The zero-order chi connectivity index (χ0) is 18.5. The van der Waals surface area contributed by atoms with Crippen LogP contribution in [0.1, 0.15) is 26.6 Å². The standard InChI is InChI=1S/C20H21NO4S/c1-14-18(23-2)10-15(11-19(14)24-3)20(22)21(12-16-6-4-8-25-16)13-17-7-5-9-26-17/h4-11H,12-13H2,1-3H3. The lowest BCUT2D eigenvalue weighted by Crippen LogP contribution is -2.29. The molecule has 0 bridgehead atoms. The van der Waals surface area contributed by atoms with E-state index >= 15 is 0 Å². The fourth-order valence-electron chi connectivity index (χ4n) is 2.77. The van der Waals surface area contributed by atoms with Crippen LogP contribution in [-0.2, 0) is 13.1 Å². The second-order valence-electron chi connectivity index (χ2n) is 5.83. The summed E-state index contributed by atoms with van der Waals surface area (Å²) in [6, 6.07) is 11.2. The van der Waals surface area contributed by atoms with Gasteiger partial charge in [-0.3, -0.25) is 4.79 Å². The second kappa shape index (κ2) is 8.10. The number of rotatable bonds is 7. The van der Waals surface area contributed by atoms with Crippen LogP contribution in [0.4, 0.5) is 0 Å². The maximum Gasteiger partial charge on any atom is 0.254 e. The number of ether oxygens (including phenoxy) is 2. The van der Waals surface area contributed by atoms with Crippen molar-refractivity contribution in [3.8, 4) is 11.5 Å². The quantitative estimate of drug-likeness (QED) is 0.613. The number of methoxy groups -OCH3 is 2. The number of amides is 1. The molecule has 0 aliphatic heterocycles. The number of thiophene rings is 1. The molecule has 26 heavy (non-hydrogen) atoms. The van der Waals surface area contributed by atoms with Crippen LogP contribution in [0.15, 0.2) is 52.5 Å². The van der Waals surface area contributed by atoms with Crippen LogP contribution in [-0.4, -0.2) is 25.0 Å². The second-order valence-corrected chi connectivity index (χ2v) is 6.86. The molecule has 0 saturated carbocycles. The van der Waals surface area contributed by atoms with Crippen molar-refractivity contribution in [2.75, 3.05) is 14.2 Å². The number of furan rings is 1. The zero-order valence-electron chi connectivity index (χ0n) is 15.0. The van der Waals surface area contributed by atoms with Crippen LogP contribution in [0, 0.1) is 6.92 Å². The minimum absolute atomic E-state index is 0.105. The van der Waals surface area contributed by atoms with Crippen molar-refractivity contribution in [1.29, 1.82) is 0 Å². The Morgan fingerprint density at radius 1 is 1.12 bits per heavy atom. The van der Waals surface area contributed by atoms with Gasteiger partial charge in [-0.1, -0.05) is 6.07 Å². The molecule has 136 valence electrons. The van der Waals surface area contributed by atoms with Gasteiger partial charge in [0.25, 0.3) is 5.91 Å². The maximum atomic E-state index is 13.2. The molecule has 0 radical (unpaired) electrons. The van der Waals surface area contributed by atoms with E-state index in [1.807, 2.05) is 36.6 Å². The fraction of sp³-hybridized carbons (Fsp3) is 0.250. The van der Waals surface area contributed by atoms with Crippen LogP contribution in [0.3, 0.4) is 0 Å². The van der Waals surface area contributed by atoms with Gasteiger partial charge in [-0.2, -0.15) is 0 Å². The average Bonchev–Trinajstić information content (AvgIpc) is 3.35. The lowest BCUT2D eigenvalue weighted by Gasteiger charge is -2.22. The SMILES string of the molecule is COc1cc(C(=O)N(Cc2ccco2)Cc2cccs2)cc(OC)c1C. The third-order valence-electron chi connectivity index (χ3n) is 4.14. The van der Waals surface area contributed by atoms with Crippen LogP contribution >= 0.6 is 11.3 Å². The third-order valence-corrected chi connectivity index (χ3v) is 5.00. The van der Waals surface area contributed by atoms with Gasteiger partial charge in [0.15, 0.2) is 0 Å². The Kier molecular flexibility index (Phi) is 5.63. The molecule has 1 amide bonds. The van der Waals surface area contributed by atoms with Gasteiger partial charge in [0.05, 0.1) is 33.6 Å². The molecule has 6 heteroatoms. The Morgan fingerprint density at radius 2 is 1.85 bits per heavy atom. The van der Waals surface area contributed by atoms with Gasteiger partial charge in [0, 0.05) is 16.0 Å². The van der Waals surface area contributed by atoms with Crippen molar-refractivity contribution in [2.45, 2.75) is 20.0 Å². The van der Waals surface area contributed by atoms with Crippen LogP contribution in [0.25, 0.3) is 0 Å². The summed E-state index contributed by atoms with van der Waals surface area (Å²) in [6.07, 6.45) is 1.61. The van der Waals surface area contributed by atoms with Gasteiger partial charge in [-0.05, 0) is 42.6 Å². The summed E-state index contributed by atoms with van der Waals surface area (Å²) < 4.78 is 16.2. The summed E-state index contributed by atoms with van der Waals surface area (Å²) in [5, 5.41) is 2.00. The molecular weight excluding hydrogens is 350 g/mol. The Labute approximate surface area is 156 Å². The van der Waals surface area contributed by atoms with Gasteiger partial charge >= 0.3 is 0 Å². The van der Waals surface area contributed by atoms with Gasteiger partial charge in [0.2, 0.25) is 0 Å². The molecule has 5 nitrogen and oxygen atoms in total. The van der Waals surface area contributed by atoms with Crippen molar-refractivity contribution in [2.24, 2.45) is 0 Å². The molecule has 2 aromatic heterocycles. The summed E-state index contributed by atoms with van der Waals surface area (Å²) in [6.45, 7) is 2.80. The van der Waals surface area contributed by atoms with E-state index in [-0.39, 0.29) is 5.91 Å². The molecular formula is C20H21NO4S. The molecule has 0 saturated heterocycles. The number of carbonyl (C=O) groups excluding carboxylic acids is 1. The highest BCUT2D eigenvalue weighted by atomic mass is 32.1. The van der Waals surface area contributed by atoms with Crippen molar-refractivity contribution >= 4 is 17.2 Å². The Hall–Kier alpha value is -2.73.